The van der Waals surface area contributed by atoms with E-state index < -0.39 is 15.4 Å². The monoisotopic (exact) mass is 290 g/mol. The van der Waals surface area contributed by atoms with Crippen molar-refractivity contribution < 1.29 is 13.2 Å². The zero-order chi connectivity index (χ0) is 14.1. The van der Waals surface area contributed by atoms with Gasteiger partial charge in [0.25, 0.3) is 0 Å². The van der Waals surface area contributed by atoms with Crippen molar-refractivity contribution >= 4 is 9.84 Å². The first-order valence-electron chi connectivity index (χ1n) is 7.09. The van der Waals surface area contributed by atoms with Crippen LogP contribution in [0.3, 0.4) is 0 Å². The summed E-state index contributed by atoms with van der Waals surface area (Å²) in [6.45, 7) is 3.92. The summed E-state index contributed by atoms with van der Waals surface area (Å²) in [6.07, 6.45) is 5.87. The Labute approximate surface area is 116 Å². The molecule has 5 nitrogen and oxygen atoms in total. The summed E-state index contributed by atoms with van der Waals surface area (Å²) in [7, 11) is -3.07. The minimum atomic E-state index is -3.07. The molecule has 19 heavy (non-hydrogen) atoms. The lowest BCUT2D eigenvalue weighted by Gasteiger charge is -2.37. The Kier molecular flexibility index (Phi) is 4.26. The van der Waals surface area contributed by atoms with Crippen LogP contribution in [-0.4, -0.2) is 50.8 Å². The number of sulfone groups is 1. The zero-order valence-electron chi connectivity index (χ0n) is 11.9. The molecule has 1 aliphatic heterocycles. The van der Waals surface area contributed by atoms with Crippen LogP contribution in [-0.2, 0) is 14.6 Å². The molecule has 0 bridgehead atoms. The summed E-state index contributed by atoms with van der Waals surface area (Å²) in [4.78, 5) is 0. The van der Waals surface area contributed by atoms with E-state index in [0.717, 1.165) is 32.3 Å². The molecule has 0 radical (unpaired) electrons. The standard InChI is InChI=1S/C13H26N2O3S/c1-12(6-4-8-18-12)10-15-13(9-14)7-3-5-11(13)19(2,16)17/h11,15H,3-10,14H2,1-2H3. The number of nitrogens with two attached hydrogens (primary N) is 1. The Balaban J connectivity index is 2.09. The van der Waals surface area contributed by atoms with Crippen molar-refractivity contribution in [1.82, 2.24) is 5.32 Å². The van der Waals surface area contributed by atoms with Crippen molar-refractivity contribution in [2.24, 2.45) is 5.73 Å². The molecule has 0 spiro atoms. The maximum atomic E-state index is 12.0. The topological polar surface area (TPSA) is 81.4 Å². The maximum Gasteiger partial charge on any atom is 0.152 e. The lowest BCUT2D eigenvalue weighted by atomic mass is 9.94. The first kappa shape index (κ1) is 15.2. The van der Waals surface area contributed by atoms with Crippen molar-refractivity contribution in [3.63, 3.8) is 0 Å². The summed E-state index contributed by atoms with van der Waals surface area (Å²) in [5.41, 5.74) is 5.27. The molecule has 3 unspecified atom stereocenters. The van der Waals surface area contributed by atoms with Gasteiger partial charge in [-0.2, -0.15) is 0 Å². The summed E-state index contributed by atoms with van der Waals surface area (Å²) >= 11 is 0. The van der Waals surface area contributed by atoms with Gasteiger partial charge in [0.15, 0.2) is 9.84 Å². The van der Waals surface area contributed by atoms with Crippen LogP contribution in [0.15, 0.2) is 0 Å². The largest absolute Gasteiger partial charge is 0.374 e. The third kappa shape index (κ3) is 3.12. The molecule has 1 saturated carbocycles. The van der Waals surface area contributed by atoms with E-state index in [4.69, 9.17) is 10.5 Å². The first-order valence-corrected chi connectivity index (χ1v) is 9.05. The molecule has 2 fully saturated rings. The Bertz CT molecular complexity index is 418. The lowest BCUT2D eigenvalue weighted by molar-refractivity contribution is 0.0147. The highest BCUT2D eigenvalue weighted by Gasteiger charge is 2.48. The van der Waals surface area contributed by atoms with Crippen LogP contribution < -0.4 is 11.1 Å². The fourth-order valence-corrected chi connectivity index (χ4v) is 5.22. The second kappa shape index (κ2) is 5.31. The van der Waals surface area contributed by atoms with Gasteiger partial charge in [-0.1, -0.05) is 6.42 Å². The van der Waals surface area contributed by atoms with Crippen molar-refractivity contribution in [2.75, 3.05) is 26.0 Å². The van der Waals surface area contributed by atoms with E-state index in [1.54, 1.807) is 0 Å². The van der Waals surface area contributed by atoms with Gasteiger partial charge in [0.2, 0.25) is 0 Å². The van der Waals surface area contributed by atoms with Gasteiger partial charge in [-0.25, -0.2) is 8.42 Å². The summed E-state index contributed by atoms with van der Waals surface area (Å²) in [5.74, 6) is 0. The van der Waals surface area contributed by atoms with Gasteiger partial charge in [0.05, 0.1) is 10.9 Å². The first-order chi connectivity index (χ1) is 8.81. The smallest absolute Gasteiger partial charge is 0.152 e. The molecule has 1 aliphatic carbocycles. The van der Waals surface area contributed by atoms with Crippen LogP contribution in [0.25, 0.3) is 0 Å². The van der Waals surface area contributed by atoms with Crippen LogP contribution in [0.2, 0.25) is 0 Å². The second-order valence-corrected chi connectivity index (χ2v) is 8.55. The average molecular weight is 290 g/mol. The van der Waals surface area contributed by atoms with Gasteiger partial charge in [-0.15, -0.1) is 0 Å². The maximum absolute atomic E-state index is 12.0. The highest BCUT2D eigenvalue weighted by molar-refractivity contribution is 7.91. The van der Waals surface area contributed by atoms with E-state index in [0.29, 0.717) is 19.5 Å². The second-order valence-electron chi connectivity index (χ2n) is 6.33. The number of rotatable bonds is 5. The zero-order valence-corrected chi connectivity index (χ0v) is 12.8. The van der Waals surface area contributed by atoms with E-state index in [2.05, 4.69) is 12.2 Å². The van der Waals surface area contributed by atoms with Crippen LogP contribution >= 0.6 is 0 Å². The van der Waals surface area contributed by atoms with Crippen molar-refractivity contribution in [2.45, 2.75) is 55.4 Å². The molecule has 0 aromatic carbocycles. The molecular formula is C13H26N2O3S. The SMILES string of the molecule is CC1(CNC2(CN)CCCC2S(C)(=O)=O)CCCO1. The summed E-state index contributed by atoms with van der Waals surface area (Å²) in [5, 5.41) is 3.09. The highest BCUT2D eigenvalue weighted by atomic mass is 32.2. The van der Waals surface area contributed by atoms with Crippen LogP contribution in [0.4, 0.5) is 0 Å². The molecule has 0 aromatic rings. The summed E-state index contributed by atoms with van der Waals surface area (Å²) in [6, 6.07) is 0. The quantitative estimate of drug-likeness (QED) is 0.768. The molecule has 112 valence electrons. The number of hydrogen-bond donors (Lipinski definition) is 2. The Hall–Kier alpha value is -0.170. The molecular weight excluding hydrogens is 264 g/mol. The van der Waals surface area contributed by atoms with E-state index in [1.807, 2.05) is 0 Å². The number of hydrogen-bond acceptors (Lipinski definition) is 5. The van der Waals surface area contributed by atoms with Crippen LogP contribution in [0, 0.1) is 0 Å². The third-order valence-corrected chi connectivity index (χ3v) is 6.42. The minimum Gasteiger partial charge on any atom is -0.374 e. The Morgan fingerprint density at radius 1 is 1.37 bits per heavy atom. The molecule has 3 N–H and O–H groups in total. The van der Waals surface area contributed by atoms with Crippen molar-refractivity contribution in [3.05, 3.63) is 0 Å². The van der Waals surface area contributed by atoms with E-state index in [9.17, 15) is 8.42 Å². The van der Waals surface area contributed by atoms with E-state index >= 15 is 0 Å². The van der Waals surface area contributed by atoms with Crippen LogP contribution in [0.5, 0.6) is 0 Å². The molecule has 2 aliphatic rings. The molecule has 1 heterocycles. The summed E-state index contributed by atoms with van der Waals surface area (Å²) < 4.78 is 29.7. The predicted octanol–water partition coefficient (Wildman–Crippen LogP) is 0.440. The van der Waals surface area contributed by atoms with Crippen LogP contribution in [0.1, 0.15) is 39.0 Å². The molecule has 1 saturated heterocycles. The number of ether oxygens (including phenoxy) is 1. The molecule has 0 aromatic heterocycles. The van der Waals surface area contributed by atoms with Gasteiger partial charge >= 0.3 is 0 Å². The highest BCUT2D eigenvalue weighted by Crippen LogP contribution is 2.35. The Morgan fingerprint density at radius 2 is 2.11 bits per heavy atom. The van der Waals surface area contributed by atoms with Gasteiger partial charge < -0.3 is 15.8 Å². The fourth-order valence-electron chi connectivity index (χ4n) is 3.51. The van der Waals surface area contributed by atoms with E-state index in [-0.39, 0.29) is 10.9 Å². The average Bonchev–Trinajstić information content (AvgIpc) is 2.93. The molecule has 2 rings (SSSR count). The number of nitrogens with one attached hydrogen (secondary N) is 1. The molecule has 0 amide bonds. The minimum absolute atomic E-state index is 0.174. The van der Waals surface area contributed by atoms with Crippen molar-refractivity contribution in [3.8, 4) is 0 Å². The Morgan fingerprint density at radius 3 is 2.63 bits per heavy atom. The van der Waals surface area contributed by atoms with E-state index in [1.165, 1.54) is 6.26 Å². The predicted molar refractivity (Wildman–Crippen MR) is 75.9 cm³/mol. The fraction of sp³-hybridized carbons (Fsp3) is 1.00. The normalized spacial score (nSPS) is 39.8. The van der Waals surface area contributed by atoms with Crippen molar-refractivity contribution in [1.29, 1.82) is 0 Å². The molecule has 3 atom stereocenters. The lowest BCUT2D eigenvalue weighted by Crippen LogP contribution is -2.61. The third-order valence-electron chi connectivity index (χ3n) is 4.70. The van der Waals surface area contributed by atoms with Gasteiger partial charge in [-0.05, 0) is 32.6 Å². The molecule has 6 heteroatoms. The van der Waals surface area contributed by atoms with Gasteiger partial charge in [-0.3, -0.25) is 0 Å². The van der Waals surface area contributed by atoms with Gasteiger partial charge in [0.1, 0.15) is 0 Å². The van der Waals surface area contributed by atoms with Gasteiger partial charge in [0, 0.05) is 31.5 Å².